The molecular formula is C13H17Br2NO3S. The normalized spacial score (nSPS) is 21.6. The lowest BCUT2D eigenvalue weighted by molar-refractivity contribution is 0.401. The van der Waals surface area contributed by atoms with Gasteiger partial charge in [0.25, 0.3) is 0 Å². The zero-order valence-corrected chi connectivity index (χ0v) is 15.1. The van der Waals surface area contributed by atoms with Gasteiger partial charge in [-0.1, -0.05) is 15.9 Å². The van der Waals surface area contributed by atoms with E-state index in [1.165, 1.54) is 0 Å². The van der Waals surface area contributed by atoms with Gasteiger partial charge >= 0.3 is 0 Å². The molecule has 7 heteroatoms. The molecule has 1 heterocycles. The molecule has 1 unspecified atom stereocenters. The SMILES string of the molecule is COc1c(Br)cc(Br)cc1CNC1CCCS(=O)(=O)C1. The molecule has 0 aliphatic carbocycles. The van der Waals surface area contributed by atoms with Crippen molar-refractivity contribution in [3.05, 3.63) is 26.6 Å². The largest absolute Gasteiger partial charge is 0.495 e. The molecule has 4 nitrogen and oxygen atoms in total. The smallest absolute Gasteiger partial charge is 0.151 e. The number of hydrogen-bond donors (Lipinski definition) is 1. The summed E-state index contributed by atoms with van der Waals surface area (Å²) in [6.45, 7) is 0.585. The maximum atomic E-state index is 11.6. The van der Waals surface area contributed by atoms with Crippen molar-refractivity contribution in [1.82, 2.24) is 5.32 Å². The van der Waals surface area contributed by atoms with Crippen LogP contribution >= 0.6 is 31.9 Å². The van der Waals surface area contributed by atoms with E-state index in [-0.39, 0.29) is 11.8 Å². The maximum Gasteiger partial charge on any atom is 0.151 e. The zero-order chi connectivity index (χ0) is 14.8. The predicted molar refractivity (Wildman–Crippen MR) is 86.9 cm³/mol. The van der Waals surface area contributed by atoms with Crippen LogP contribution in [-0.4, -0.2) is 33.1 Å². The summed E-state index contributed by atoms with van der Waals surface area (Å²) < 4.78 is 30.5. The summed E-state index contributed by atoms with van der Waals surface area (Å²) >= 11 is 6.91. The van der Waals surface area contributed by atoms with Crippen LogP contribution in [0.3, 0.4) is 0 Å². The van der Waals surface area contributed by atoms with Gasteiger partial charge in [-0.25, -0.2) is 8.42 Å². The minimum atomic E-state index is -2.88. The molecule has 1 N–H and O–H groups in total. The van der Waals surface area contributed by atoms with Crippen molar-refractivity contribution in [3.8, 4) is 5.75 Å². The van der Waals surface area contributed by atoms with Crippen LogP contribution in [-0.2, 0) is 16.4 Å². The Hall–Kier alpha value is -0.110. The molecule has 1 saturated heterocycles. The molecule has 2 rings (SSSR count). The van der Waals surface area contributed by atoms with Gasteiger partial charge in [0.2, 0.25) is 0 Å². The second-order valence-corrected chi connectivity index (χ2v) is 8.91. The van der Waals surface area contributed by atoms with Crippen LogP contribution in [0.1, 0.15) is 18.4 Å². The second kappa shape index (κ2) is 6.77. The Bertz CT molecular complexity index is 590. The Balaban J connectivity index is 2.07. The zero-order valence-electron chi connectivity index (χ0n) is 11.2. The van der Waals surface area contributed by atoms with E-state index in [2.05, 4.69) is 37.2 Å². The van der Waals surface area contributed by atoms with Crippen LogP contribution in [0.2, 0.25) is 0 Å². The molecule has 0 radical (unpaired) electrons. The van der Waals surface area contributed by atoms with Gasteiger partial charge in [0.1, 0.15) is 5.75 Å². The molecule has 20 heavy (non-hydrogen) atoms. The summed E-state index contributed by atoms with van der Waals surface area (Å²) in [6, 6.07) is 3.93. The highest BCUT2D eigenvalue weighted by atomic mass is 79.9. The number of ether oxygens (including phenoxy) is 1. The summed E-state index contributed by atoms with van der Waals surface area (Å²) in [5.41, 5.74) is 0.997. The van der Waals surface area contributed by atoms with Crippen molar-refractivity contribution in [3.63, 3.8) is 0 Å². The van der Waals surface area contributed by atoms with Crippen LogP contribution < -0.4 is 10.1 Å². The number of nitrogens with one attached hydrogen (secondary N) is 1. The molecule has 1 atom stereocenters. The van der Waals surface area contributed by atoms with Crippen molar-refractivity contribution >= 4 is 41.7 Å². The second-order valence-electron chi connectivity index (χ2n) is 4.91. The molecule has 0 aromatic heterocycles. The van der Waals surface area contributed by atoms with Crippen LogP contribution in [0.15, 0.2) is 21.1 Å². The summed E-state index contributed by atoms with van der Waals surface area (Å²) in [7, 11) is -1.25. The van der Waals surface area contributed by atoms with Crippen LogP contribution in [0, 0.1) is 0 Å². The molecular weight excluding hydrogens is 410 g/mol. The summed E-state index contributed by atoms with van der Waals surface area (Å²) in [6.07, 6.45) is 1.63. The molecule has 1 aliphatic heterocycles. The minimum Gasteiger partial charge on any atom is -0.495 e. The number of sulfone groups is 1. The van der Waals surface area contributed by atoms with Crippen molar-refractivity contribution in [2.24, 2.45) is 0 Å². The van der Waals surface area contributed by atoms with E-state index in [0.29, 0.717) is 12.3 Å². The van der Waals surface area contributed by atoms with Gasteiger partial charge in [0, 0.05) is 22.6 Å². The third-order valence-electron chi connectivity index (χ3n) is 3.33. The molecule has 1 fully saturated rings. The van der Waals surface area contributed by atoms with Gasteiger partial charge in [-0.2, -0.15) is 0 Å². The summed E-state index contributed by atoms with van der Waals surface area (Å²) in [5.74, 6) is 1.32. The van der Waals surface area contributed by atoms with E-state index in [1.54, 1.807) is 7.11 Å². The fourth-order valence-corrected chi connectivity index (χ4v) is 5.56. The topological polar surface area (TPSA) is 55.4 Å². The molecule has 112 valence electrons. The minimum absolute atomic E-state index is 0.0243. The number of benzene rings is 1. The first kappa shape index (κ1) is 16.3. The quantitative estimate of drug-likeness (QED) is 0.804. The first-order valence-electron chi connectivity index (χ1n) is 6.37. The van der Waals surface area contributed by atoms with Crippen molar-refractivity contribution in [1.29, 1.82) is 0 Å². The first-order chi connectivity index (χ1) is 9.41. The fourth-order valence-electron chi connectivity index (χ4n) is 2.41. The Morgan fingerprint density at radius 2 is 2.15 bits per heavy atom. The number of halogens is 2. The lowest BCUT2D eigenvalue weighted by Crippen LogP contribution is -2.39. The Morgan fingerprint density at radius 1 is 1.40 bits per heavy atom. The van der Waals surface area contributed by atoms with Crippen LogP contribution in [0.5, 0.6) is 5.75 Å². The first-order valence-corrected chi connectivity index (χ1v) is 9.78. The third-order valence-corrected chi connectivity index (χ3v) is 6.20. The number of hydrogen-bond acceptors (Lipinski definition) is 4. The molecule has 0 spiro atoms. The monoisotopic (exact) mass is 425 g/mol. The highest BCUT2D eigenvalue weighted by Gasteiger charge is 2.24. The summed E-state index contributed by atoms with van der Waals surface area (Å²) in [4.78, 5) is 0. The summed E-state index contributed by atoms with van der Waals surface area (Å²) in [5, 5.41) is 3.32. The van der Waals surface area contributed by atoms with Gasteiger partial charge in [-0.05, 0) is 40.9 Å². The van der Waals surface area contributed by atoms with E-state index in [9.17, 15) is 8.42 Å². The molecule has 0 amide bonds. The number of methoxy groups -OCH3 is 1. The Kier molecular flexibility index (Phi) is 5.50. The molecule has 1 aliphatic rings. The molecule has 0 saturated carbocycles. The van der Waals surface area contributed by atoms with Crippen LogP contribution in [0.4, 0.5) is 0 Å². The highest BCUT2D eigenvalue weighted by molar-refractivity contribution is 9.11. The van der Waals surface area contributed by atoms with E-state index in [4.69, 9.17) is 4.74 Å². The van der Waals surface area contributed by atoms with Crippen molar-refractivity contribution in [2.45, 2.75) is 25.4 Å². The maximum absolute atomic E-state index is 11.6. The Labute approximate surface area is 136 Å². The van der Waals surface area contributed by atoms with E-state index in [1.807, 2.05) is 12.1 Å². The standard InChI is InChI=1S/C13H17Br2NO3S/c1-19-13-9(5-10(14)6-12(13)15)7-16-11-3-2-4-20(17,18)8-11/h5-6,11,16H,2-4,7-8H2,1H3. The highest BCUT2D eigenvalue weighted by Crippen LogP contribution is 2.32. The van der Waals surface area contributed by atoms with E-state index >= 15 is 0 Å². The van der Waals surface area contributed by atoms with E-state index in [0.717, 1.165) is 33.1 Å². The fraction of sp³-hybridized carbons (Fsp3) is 0.538. The lowest BCUT2D eigenvalue weighted by atomic mass is 10.1. The molecule has 0 bridgehead atoms. The predicted octanol–water partition coefficient (Wildman–Crippen LogP) is 2.89. The molecule has 1 aromatic rings. The third kappa shape index (κ3) is 4.19. The van der Waals surface area contributed by atoms with Gasteiger partial charge in [0.15, 0.2) is 9.84 Å². The van der Waals surface area contributed by atoms with Gasteiger partial charge in [-0.3, -0.25) is 0 Å². The van der Waals surface area contributed by atoms with Gasteiger partial charge in [-0.15, -0.1) is 0 Å². The van der Waals surface area contributed by atoms with Crippen molar-refractivity contribution in [2.75, 3.05) is 18.6 Å². The average Bonchev–Trinajstić information content (AvgIpc) is 2.34. The van der Waals surface area contributed by atoms with Gasteiger partial charge in [0.05, 0.1) is 23.1 Å². The number of rotatable bonds is 4. The average molecular weight is 427 g/mol. The van der Waals surface area contributed by atoms with E-state index < -0.39 is 9.84 Å². The molecule has 1 aromatic carbocycles. The van der Waals surface area contributed by atoms with Crippen LogP contribution in [0.25, 0.3) is 0 Å². The lowest BCUT2D eigenvalue weighted by Gasteiger charge is -2.23. The van der Waals surface area contributed by atoms with Crippen molar-refractivity contribution < 1.29 is 13.2 Å². The van der Waals surface area contributed by atoms with Gasteiger partial charge < -0.3 is 10.1 Å². The Morgan fingerprint density at radius 3 is 2.80 bits per heavy atom.